The molecule has 110 valence electrons. The molecule has 0 radical (unpaired) electrons. The van der Waals surface area contributed by atoms with Crippen molar-refractivity contribution in [3.05, 3.63) is 36.7 Å². The molecule has 0 spiro atoms. The first-order chi connectivity index (χ1) is 10.3. The van der Waals surface area contributed by atoms with Crippen LogP contribution in [0, 0.1) is 0 Å². The molecule has 5 nitrogen and oxygen atoms in total. The number of likely N-dealkylation sites (N-methyl/N-ethyl adjacent to an activating group) is 1. The average molecular weight is 284 g/mol. The molecular formula is C16H20N4O. The smallest absolute Gasteiger partial charge is 0.155 e. The summed E-state index contributed by atoms with van der Waals surface area (Å²) in [6.45, 7) is 4.08. The minimum Gasteiger partial charge on any atom is -0.497 e. The van der Waals surface area contributed by atoms with Crippen molar-refractivity contribution in [2.45, 2.75) is 0 Å². The molecule has 0 bridgehead atoms. The fourth-order valence-corrected chi connectivity index (χ4v) is 2.53. The molecule has 0 amide bonds. The van der Waals surface area contributed by atoms with Crippen LogP contribution in [0.5, 0.6) is 5.75 Å². The third-order valence-electron chi connectivity index (χ3n) is 3.85. The van der Waals surface area contributed by atoms with Crippen LogP contribution in [0.1, 0.15) is 0 Å². The lowest BCUT2D eigenvalue weighted by Gasteiger charge is -2.33. The van der Waals surface area contributed by atoms with E-state index in [1.165, 1.54) is 0 Å². The summed E-state index contributed by atoms with van der Waals surface area (Å²) >= 11 is 0. The van der Waals surface area contributed by atoms with Gasteiger partial charge in [-0.05, 0) is 31.3 Å². The number of ether oxygens (including phenoxy) is 1. The number of nitrogens with zero attached hydrogens (tertiary/aromatic N) is 4. The highest BCUT2D eigenvalue weighted by Crippen LogP contribution is 2.28. The van der Waals surface area contributed by atoms with E-state index >= 15 is 0 Å². The van der Waals surface area contributed by atoms with E-state index in [9.17, 15) is 0 Å². The van der Waals surface area contributed by atoms with Gasteiger partial charge in [0, 0.05) is 44.1 Å². The van der Waals surface area contributed by atoms with E-state index in [2.05, 4.69) is 26.8 Å². The molecule has 0 aliphatic carbocycles. The average Bonchev–Trinajstić information content (AvgIpc) is 2.56. The van der Waals surface area contributed by atoms with Crippen LogP contribution < -0.4 is 9.64 Å². The molecule has 1 aliphatic heterocycles. The number of rotatable bonds is 3. The van der Waals surface area contributed by atoms with Crippen LogP contribution in [0.3, 0.4) is 0 Å². The van der Waals surface area contributed by atoms with Gasteiger partial charge >= 0.3 is 0 Å². The normalized spacial score (nSPS) is 16.0. The summed E-state index contributed by atoms with van der Waals surface area (Å²) in [5, 5.41) is 0. The van der Waals surface area contributed by atoms with Crippen molar-refractivity contribution in [1.82, 2.24) is 14.9 Å². The molecule has 21 heavy (non-hydrogen) atoms. The second-order valence-corrected chi connectivity index (χ2v) is 5.25. The van der Waals surface area contributed by atoms with Crippen molar-refractivity contribution >= 4 is 5.82 Å². The van der Waals surface area contributed by atoms with Crippen LogP contribution in [0.2, 0.25) is 0 Å². The number of benzene rings is 1. The molecule has 1 aromatic carbocycles. The van der Waals surface area contributed by atoms with Crippen LogP contribution in [0.4, 0.5) is 5.82 Å². The third kappa shape index (κ3) is 2.97. The Hall–Kier alpha value is -2.14. The van der Waals surface area contributed by atoms with Crippen molar-refractivity contribution in [2.75, 3.05) is 45.2 Å². The molecule has 0 saturated carbocycles. The topological polar surface area (TPSA) is 41.5 Å². The van der Waals surface area contributed by atoms with E-state index in [-0.39, 0.29) is 0 Å². The van der Waals surface area contributed by atoms with Gasteiger partial charge in [-0.3, -0.25) is 4.98 Å². The van der Waals surface area contributed by atoms with Crippen LogP contribution in [0.25, 0.3) is 11.3 Å². The lowest BCUT2D eigenvalue weighted by atomic mass is 10.1. The fraction of sp³-hybridized carbons (Fsp3) is 0.375. The maximum Gasteiger partial charge on any atom is 0.155 e. The predicted octanol–water partition coefficient (Wildman–Crippen LogP) is 1.90. The number of hydrogen-bond acceptors (Lipinski definition) is 5. The van der Waals surface area contributed by atoms with Gasteiger partial charge in [-0.2, -0.15) is 0 Å². The molecule has 1 saturated heterocycles. The first kappa shape index (κ1) is 13.8. The Morgan fingerprint density at radius 1 is 0.952 bits per heavy atom. The van der Waals surface area contributed by atoms with E-state index in [0.29, 0.717) is 0 Å². The quantitative estimate of drug-likeness (QED) is 0.861. The van der Waals surface area contributed by atoms with E-state index in [1.807, 2.05) is 24.3 Å². The van der Waals surface area contributed by atoms with E-state index in [1.54, 1.807) is 19.5 Å². The molecule has 3 rings (SSSR count). The Kier molecular flexibility index (Phi) is 4.01. The van der Waals surface area contributed by atoms with Crippen molar-refractivity contribution in [1.29, 1.82) is 0 Å². The zero-order chi connectivity index (χ0) is 14.7. The minimum atomic E-state index is 0.851. The van der Waals surface area contributed by atoms with Crippen LogP contribution in [-0.4, -0.2) is 55.2 Å². The lowest BCUT2D eigenvalue weighted by Crippen LogP contribution is -2.45. The maximum absolute atomic E-state index is 5.21. The highest BCUT2D eigenvalue weighted by atomic mass is 16.5. The minimum absolute atomic E-state index is 0.851. The summed E-state index contributed by atoms with van der Waals surface area (Å²) in [6, 6.07) is 7.97. The highest BCUT2D eigenvalue weighted by molar-refractivity contribution is 5.72. The maximum atomic E-state index is 5.21. The Bertz CT molecular complexity index is 591. The Morgan fingerprint density at radius 3 is 2.29 bits per heavy atom. The van der Waals surface area contributed by atoms with Gasteiger partial charge in [-0.1, -0.05) is 0 Å². The number of aromatic nitrogens is 2. The van der Waals surface area contributed by atoms with Gasteiger partial charge in [0.05, 0.1) is 7.11 Å². The van der Waals surface area contributed by atoms with Crippen LogP contribution in [0.15, 0.2) is 36.7 Å². The Labute approximate surface area is 125 Å². The Balaban J connectivity index is 1.91. The van der Waals surface area contributed by atoms with Gasteiger partial charge in [0.2, 0.25) is 0 Å². The van der Waals surface area contributed by atoms with E-state index in [0.717, 1.165) is 49.0 Å². The molecule has 2 aromatic rings. The summed E-state index contributed by atoms with van der Waals surface area (Å²) in [7, 11) is 3.82. The first-order valence-electron chi connectivity index (χ1n) is 7.17. The van der Waals surface area contributed by atoms with Gasteiger partial charge < -0.3 is 14.5 Å². The van der Waals surface area contributed by atoms with Gasteiger partial charge in [0.25, 0.3) is 0 Å². The zero-order valence-corrected chi connectivity index (χ0v) is 12.5. The molecule has 2 heterocycles. The molecule has 0 N–H and O–H groups in total. The summed E-state index contributed by atoms with van der Waals surface area (Å²) in [5.74, 6) is 1.82. The second-order valence-electron chi connectivity index (χ2n) is 5.25. The number of anilines is 1. The van der Waals surface area contributed by atoms with Crippen molar-refractivity contribution in [3.8, 4) is 17.0 Å². The third-order valence-corrected chi connectivity index (χ3v) is 3.85. The summed E-state index contributed by atoms with van der Waals surface area (Å²) in [4.78, 5) is 13.7. The van der Waals surface area contributed by atoms with Gasteiger partial charge in [0.15, 0.2) is 5.82 Å². The van der Waals surface area contributed by atoms with Crippen molar-refractivity contribution in [2.24, 2.45) is 0 Å². The molecule has 1 aromatic heterocycles. The molecular weight excluding hydrogens is 264 g/mol. The molecule has 5 heteroatoms. The first-order valence-corrected chi connectivity index (χ1v) is 7.17. The molecule has 0 atom stereocenters. The SMILES string of the molecule is COc1ccc(-c2nccnc2N2CCN(C)CC2)cc1. The Morgan fingerprint density at radius 2 is 1.62 bits per heavy atom. The largest absolute Gasteiger partial charge is 0.497 e. The fourth-order valence-electron chi connectivity index (χ4n) is 2.53. The van der Waals surface area contributed by atoms with Gasteiger partial charge in [0.1, 0.15) is 11.4 Å². The van der Waals surface area contributed by atoms with Crippen molar-refractivity contribution in [3.63, 3.8) is 0 Å². The molecule has 1 fully saturated rings. The van der Waals surface area contributed by atoms with E-state index in [4.69, 9.17) is 4.74 Å². The van der Waals surface area contributed by atoms with E-state index < -0.39 is 0 Å². The molecule has 0 unspecified atom stereocenters. The van der Waals surface area contributed by atoms with Gasteiger partial charge in [-0.15, -0.1) is 0 Å². The predicted molar refractivity (Wildman–Crippen MR) is 83.7 cm³/mol. The number of methoxy groups -OCH3 is 1. The highest BCUT2D eigenvalue weighted by Gasteiger charge is 2.19. The summed E-state index contributed by atoms with van der Waals surface area (Å²) in [6.07, 6.45) is 3.51. The summed E-state index contributed by atoms with van der Waals surface area (Å²) < 4.78 is 5.21. The van der Waals surface area contributed by atoms with Gasteiger partial charge in [-0.25, -0.2) is 4.98 Å². The van der Waals surface area contributed by atoms with Crippen LogP contribution in [-0.2, 0) is 0 Å². The monoisotopic (exact) mass is 284 g/mol. The standard InChI is InChI=1S/C16H20N4O/c1-19-9-11-20(12-10-19)16-15(17-7-8-18-16)13-3-5-14(21-2)6-4-13/h3-8H,9-12H2,1-2H3. The summed E-state index contributed by atoms with van der Waals surface area (Å²) in [5.41, 5.74) is 2.00. The lowest BCUT2D eigenvalue weighted by molar-refractivity contribution is 0.312. The van der Waals surface area contributed by atoms with Crippen molar-refractivity contribution < 1.29 is 4.74 Å². The zero-order valence-electron chi connectivity index (χ0n) is 12.5. The second kappa shape index (κ2) is 6.10. The number of piperazine rings is 1. The van der Waals surface area contributed by atoms with Crippen LogP contribution >= 0.6 is 0 Å². The number of hydrogen-bond donors (Lipinski definition) is 0. The molecule has 1 aliphatic rings.